The summed E-state index contributed by atoms with van der Waals surface area (Å²) in [5.41, 5.74) is 0.765. The van der Waals surface area contributed by atoms with Gasteiger partial charge in [0, 0.05) is 18.1 Å². The number of hydrogen-bond acceptors (Lipinski definition) is 8. The average Bonchev–Trinajstić information content (AvgIpc) is 3.45. The molecular weight excluding hydrogens is 495 g/mol. The van der Waals surface area contributed by atoms with Gasteiger partial charge in [-0.15, -0.1) is 11.3 Å². The van der Waals surface area contributed by atoms with Crippen LogP contribution in [0.3, 0.4) is 0 Å². The molecule has 11 heteroatoms. The van der Waals surface area contributed by atoms with Crippen molar-refractivity contribution in [3.63, 3.8) is 0 Å². The van der Waals surface area contributed by atoms with E-state index in [1.807, 2.05) is 22.2 Å². The molecule has 1 aliphatic rings. The van der Waals surface area contributed by atoms with Crippen LogP contribution in [0.15, 0.2) is 30.6 Å². The molecule has 0 saturated carbocycles. The summed E-state index contributed by atoms with van der Waals surface area (Å²) in [6.45, 7) is 15.3. The molecule has 2 aromatic rings. The van der Waals surface area contributed by atoms with E-state index in [9.17, 15) is 4.79 Å². The second kappa shape index (κ2) is 10.5. The molecule has 182 valence electrons. The zero-order valence-electron chi connectivity index (χ0n) is 20.1. The lowest BCUT2D eigenvalue weighted by Gasteiger charge is -2.38. The lowest BCUT2D eigenvalue weighted by atomic mass is 10.1. The number of carbonyl (C=O) groups is 1. The highest BCUT2D eigenvalue weighted by atomic mass is 32.2. The molecule has 33 heavy (non-hydrogen) atoms. The number of likely N-dealkylation sites (tertiary alicyclic amines) is 1. The van der Waals surface area contributed by atoms with E-state index < -0.39 is 20.5 Å². The molecule has 0 bridgehead atoms. The smallest absolute Gasteiger partial charge is 0.410 e. The second-order valence-corrected chi connectivity index (χ2v) is 16.6. The summed E-state index contributed by atoms with van der Waals surface area (Å²) in [6.07, 6.45) is 6.71. The fourth-order valence-electron chi connectivity index (χ4n) is 3.63. The predicted molar refractivity (Wildman–Crippen MR) is 142 cm³/mol. The maximum Gasteiger partial charge on any atom is 0.410 e. The van der Waals surface area contributed by atoms with E-state index in [2.05, 4.69) is 45.4 Å². The van der Waals surface area contributed by atoms with E-state index in [1.165, 1.54) is 11.8 Å². The number of aromatic nitrogens is 2. The van der Waals surface area contributed by atoms with Gasteiger partial charge in [-0.2, -0.15) is 0 Å². The second-order valence-electron chi connectivity index (χ2n) is 9.56. The molecule has 3 heterocycles. The third-order valence-electron chi connectivity index (χ3n) is 6.32. The van der Waals surface area contributed by atoms with Crippen molar-refractivity contribution in [2.24, 2.45) is 0 Å². The topological polar surface area (TPSA) is 65.3 Å². The van der Waals surface area contributed by atoms with Crippen LogP contribution in [0.1, 0.15) is 39.0 Å². The Balaban J connectivity index is 1.97. The van der Waals surface area contributed by atoms with Crippen LogP contribution in [-0.4, -0.2) is 64.6 Å². The van der Waals surface area contributed by atoms with Gasteiger partial charge in [0.1, 0.15) is 23.5 Å². The highest BCUT2D eigenvalue weighted by Crippen LogP contribution is 2.41. The number of thiazole rings is 1. The lowest BCUT2D eigenvalue weighted by molar-refractivity contribution is 0.0637. The van der Waals surface area contributed by atoms with E-state index >= 15 is 0 Å². The first-order valence-corrected chi connectivity index (χ1v) is 16.3. The van der Waals surface area contributed by atoms with Gasteiger partial charge in [0.15, 0.2) is 14.4 Å². The fourth-order valence-corrected chi connectivity index (χ4v) is 6.13. The van der Waals surface area contributed by atoms with E-state index in [-0.39, 0.29) is 23.8 Å². The van der Waals surface area contributed by atoms with Gasteiger partial charge in [0.05, 0.1) is 12.1 Å². The van der Waals surface area contributed by atoms with Crippen LogP contribution in [0.2, 0.25) is 18.1 Å². The normalized spacial score (nSPS) is 20.1. The number of amides is 1. The summed E-state index contributed by atoms with van der Waals surface area (Å²) in [6, 6.07) is -0.331. The standard InChI is InChI=1S/C22H33N3O4S3Si/c1-8-10-27-20(26)25-13-15(29-33(6,7)22(2,3)4)12-16(25)18(28-21(30)31-5)17-19-24(14-23-17)9-11-32-19/h8-9,11,14-16,18H,1,10,12-13H2,2-7H3/t15-,16+,18?/m1/s1. The number of ether oxygens (including phenoxy) is 2. The molecular formula is C22H33N3O4S3Si. The van der Waals surface area contributed by atoms with Crippen LogP contribution >= 0.6 is 35.3 Å². The monoisotopic (exact) mass is 527 g/mol. The zero-order chi connectivity index (χ0) is 24.4. The molecule has 1 unspecified atom stereocenters. The third-order valence-corrected chi connectivity index (χ3v) is 12.8. The number of carbonyl (C=O) groups excluding carboxylic acids is 1. The van der Waals surface area contributed by atoms with E-state index in [0.717, 1.165) is 10.5 Å². The van der Waals surface area contributed by atoms with Gasteiger partial charge in [0.25, 0.3) is 0 Å². The van der Waals surface area contributed by atoms with Crippen molar-refractivity contribution >= 4 is 58.9 Å². The highest BCUT2D eigenvalue weighted by Gasteiger charge is 2.48. The summed E-state index contributed by atoms with van der Waals surface area (Å²) in [5.74, 6) is 0. The Morgan fingerprint density at radius 1 is 1.48 bits per heavy atom. The minimum atomic E-state index is -2.05. The quantitative estimate of drug-likeness (QED) is 0.253. The summed E-state index contributed by atoms with van der Waals surface area (Å²) in [4.78, 5) is 20.4. The summed E-state index contributed by atoms with van der Waals surface area (Å²) >= 11 is 8.36. The highest BCUT2D eigenvalue weighted by molar-refractivity contribution is 8.22. The summed E-state index contributed by atoms with van der Waals surface area (Å²) in [7, 11) is -2.05. The molecule has 1 fully saturated rings. The molecule has 0 aromatic carbocycles. The van der Waals surface area contributed by atoms with Crippen molar-refractivity contribution in [1.29, 1.82) is 0 Å². The molecule has 2 aromatic heterocycles. The van der Waals surface area contributed by atoms with Crippen molar-refractivity contribution in [2.75, 3.05) is 19.4 Å². The Labute approximate surface area is 210 Å². The molecule has 7 nitrogen and oxygen atoms in total. The van der Waals surface area contributed by atoms with Crippen LogP contribution in [0, 0.1) is 0 Å². The van der Waals surface area contributed by atoms with Crippen molar-refractivity contribution in [3.8, 4) is 0 Å². The molecule has 1 amide bonds. The number of nitrogens with zero attached hydrogens (tertiary/aromatic N) is 3. The van der Waals surface area contributed by atoms with Gasteiger partial charge in [-0.1, -0.05) is 45.2 Å². The Hall–Kier alpha value is -1.40. The number of rotatable bonds is 7. The molecule has 0 spiro atoms. The maximum atomic E-state index is 13.1. The van der Waals surface area contributed by atoms with Crippen molar-refractivity contribution in [3.05, 3.63) is 36.3 Å². The largest absolute Gasteiger partial charge is 0.466 e. The fraction of sp³-hybridized carbons (Fsp3) is 0.591. The first kappa shape index (κ1) is 26.2. The molecule has 0 aliphatic carbocycles. The Bertz CT molecular complexity index is 1000. The summed E-state index contributed by atoms with van der Waals surface area (Å²) in [5, 5.41) is 2.06. The van der Waals surface area contributed by atoms with Crippen LogP contribution in [0.4, 0.5) is 4.79 Å². The number of thioether (sulfide) groups is 1. The van der Waals surface area contributed by atoms with Gasteiger partial charge in [0.2, 0.25) is 4.38 Å². The minimum Gasteiger partial charge on any atom is -0.466 e. The number of fused-ring (bicyclic) bond motifs is 1. The summed E-state index contributed by atoms with van der Waals surface area (Å²) < 4.78 is 20.7. The van der Waals surface area contributed by atoms with Crippen LogP contribution in [0.25, 0.3) is 4.83 Å². The van der Waals surface area contributed by atoms with Gasteiger partial charge in [-0.3, -0.25) is 9.30 Å². The molecule has 3 rings (SSSR count). The van der Waals surface area contributed by atoms with Gasteiger partial charge in [-0.05, 0) is 43.0 Å². The molecule has 0 radical (unpaired) electrons. The minimum absolute atomic E-state index is 0.0581. The van der Waals surface area contributed by atoms with Crippen LogP contribution in [0.5, 0.6) is 0 Å². The molecule has 0 N–H and O–H groups in total. The molecule has 3 atom stereocenters. The van der Waals surface area contributed by atoms with Crippen LogP contribution in [-0.2, 0) is 13.9 Å². The Morgan fingerprint density at radius 3 is 2.85 bits per heavy atom. The van der Waals surface area contributed by atoms with E-state index in [1.54, 1.807) is 28.6 Å². The average molecular weight is 528 g/mol. The Kier molecular flexibility index (Phi) is 8.31. The van der Waals surface area contributed by atoms with Crippen LogP contribution < -0.4 is 0 Å². The molecule has 1 aliphatic heterocycles. The first-order valence-electron chi connectivity index (χ1n) is 10.8. The van der Waals surface area contributed by atoms with Crippen molar-refractivity contribution in [2.45, 2.75) is 63.6 Å². The number of hydrogen-bond donors (Lipinski definition) is 0. The SMILES string of the molecule is C=CCOC(=O)N1C[C@H](O[Si](C)(C)C(C)(C)C)C[C@H]1C(OC(=S)SC)c1ncn2ccsc12. The first-order chi connectivity index (χ1) is 15.5. The van der Waals surface area contributed by atoms with Crippen molar-refractivity contribution in [1.82, 2.24) is 14.3 Å². The van der Waals surface area contributed by atoms with E-state index in [0.29, 0.717) is 17.3 Å². The Morgan fingerprint density at radius 2 is 2.21 bits per heavy atom. The lowest BCUT2D eigenvalue weighted by Crippen LogP contribution is -2.45. The van der Waals surface area contributed by atoms with Gasteiger partial charge in [-0.25, -0.2) is 9.78 Å². The zero-order valence-corrected chi connectivity index (χ0v) is 23.5. The number of thiocarbonyl (C=S) groups is 1. The molecule has 1 saturated heterocycles. The maximum absolute atomic E-state index is 13.1. The van der Waals surface area contributed by atoms with Gasteiger partial charge < -0.3 is 13.9 Å². The van der Waals surface area contributed by atoms with Gasteiger partial charge >= 0.3 is 6.09 Å². The van der Waals surface area contributed by atoms with E-state index in [4.69, 9.17) is 26.1 Å². The third kappa shape index (κ3) is 5.81. The predicted octanol–water partition coefficient (Wildman–Crippen LogP) is 5.89. The van der Waals surface area contributed by atoms with Crippen molar-refractivity contribution < 1.29 is 18.7 Å². The number of imidazole rings is 1.